The van der Waals surface area contributed by atoms with Crippen molar-refractivity contribution < 1.29 is 9.47 Å². The maximum absolute atomic E-state index is 5.73. The highest BCUT2D eigenvalue weighted by Crippen LogP contribution is 2.40. The topological polar surface area (TPSA) is 33.7 Å². The third-order valence-corrected chi connectivity index (χ3v) is 5.17. The highest BCUT2D eigenvalue weighted by atomic mass is 32.1. The predicted octanol–water partition coefficient (Wildman–Crippen LogP) is 4.10. The van der Waals surface area contributed by atoms with E-state index in [4.69, 9.17) is 21.7 Å². The summed E-state index contributed by atoms with van der Waals surface area (Å²) in [6, 6.07) is 14.6. The van der Waals surface area contributed by atoms with Crippen LogP contribution in [0.25, 0.3) is 0 Å². The molecule has 2 aromatic carbocycles. The van der Waals surface area contributed by atoms with Gasteiger partial charge in [-0.05, 0) is 54.4 Å². The fourth-order valence-electron chi connectivity index (χ4n) is 3.49. The number of nitrogens with one attached hydrogen (secondary N) is 1. The Bertz CT molecular complexity index is 836. The van der Waals surface area contributed by atoms with Gasteiger partial charge in [-0.3, -0.25) is 0 Å². The number of thiocarbonyl (C=S) groups is 1. The number of methoxy groups -OCH3 is 2. The van der Waals surface area contributed by atoms with Gasteiger partial charge < -0.3 is 19.7 Å². The summed E-state index contributed by atoms with van der Waals surface area (Å²) in [4.78, 5) is 2.25. The molecule has 0 saturated carbocycles. The second-order valence-electron chi connectivity index (χ2n) is 6.78. The van der Waals surface area contributed by atoms with Gasteiger partial charge >= 0.3 is 0 Å². The first kappa shape index (κ1) is 19.2. The maximum Gasteiger partial charge on any atom is 0.169 e. The Morgan fingerprint density at radius 2 is 1.85 bits per heavy atom. The van der Waals surface area contributed by atoms with Crippen molar-refractivity contribution >= 4 is 17.3 Å². The van der Waals surface area contributed by atoms with Crippen LogP contribution >= 0.6 is 12.2 Å². The van der Waals surface area contributed by atoms with E-state index in [1.54, 1.807) is 14.2 Å². The van der Waals surface area contributed by atoms with E-state index in [1.165, 1.54) is 16.7 Å². The minimum Gasteiger partial charge on any atom is -0.493 e. The predicted molar refractivity (Wildman–Crippen MR) is 114 cm³/mol. The summed E-state index contributed by atoms with van der Waals surface area (Å²) in [5.74, 6) is 1.50. The van der Waals surface area contributed by atoms with Crippen molar-refractivity contribution in [2.75, 3.05) is 27.3 Å². The smallest absolute Gasteiger partial charge is 0.169 e. The van der Waals surface area contributed by atoms with Crippen molar-refractivity contribution in [3.05, 3.63) is 71.3 Å². The molecule has 1 aliphatic heterocycles. The highest BCUT2D eigenvalue weighted by molar-refractivity contribution is 7.80. The SMILES string of the molecule is C=C(C)CNC(=S)N1CCc2cc(OC)c(OC)cc2C1c1ccccc1. The summed E-state index contributed by atoms with van der Waals surface area (Å²) < 4.78 is 11.1. The van der Waals surface area contributed by atoms with Gasteiger partial charge in [-0.2, -0.15) is 0 Å². The molecule has 2 aromatic rings. The molecular formula is C22H26N2O2S. The number of nitrogens with zero attached hydrogens (tertiary/aromatic N) is 1. The second-order valence-corrected chi connectivity index (χ2v) is 7.17. The van der Waals surface area contributed by atoms with E-state index >= 15 is 0 Å². The summed E-state index contributed by atoms with van der Waals surface area (Å²) >= 11 is 5.73. The Morgan fingerprint density at radius 1 is 1.19 bits per heavy atom. The van der Waals surface area contributed by atoms with Crippen molar-refractivity contribution in [3.63, 3.8) is 0 Å². The van der Waals surface area contributed by atoms with Crippen LogP contribution < -0.4 is 14.8 Å². The van der Waals surface area contributed by atoms with Crippen LogP contribution in [-0.4, -0.2) is 37.3 Å². The van der Waals surface area contributed by atoms with E-state index in [0.29, 0.717) is 6.54 Å². The van der Waals surface area contributed by atoms with E-state index in [2.05, 4.69) is 53.2 Å². The summed E-state index contributed by atoms with van der Waals surface area (Å²) in [7, 11) is 3.34. The van der Waals surface area contributed by atoms with Crippen LogP contribution in [0.3, 0.4) is 0 Å². The van der Waals surface area contributed by atoms with E-state index in [-0.39, 0.29) is 6.04 Å². The summed E-state index contributed by atoms with van der Waals surface area (Å²) in [6.45, 7) is 7.46. The van der Waals surface area contributed by atoms with Crippen molar-refractivity contribution in [1.29, 1.82) is 0 Å². The third kappa shape index (κ3) is 4.08. The highest BCUT2D eigenvalue weighted by Gasteiger charge is 2.31. The number of hydrogen-bond acceptors (Lipinski definition) is 3. The number of rotatable bonds is 5. The molecule has 1 unspecified atom stereocenters. The van der Waals surface area contributed by atoms with Crippen LogP contribution in [0.5, 0.6) is 11.5 Å². The number of ether oxygens (including phenoxy) is 2. The number of hydrogen-bond donors (Lipinski definition) is 1. The van der Waals surface area contributed by atoms with Crippen molar-refractivity contribution in [3.8, 4) is 11.5 Å². The maximum atomic E-state index is 5.73. The quantitative estimate of drug-likeness (QED) is 0.622. The van der Waals surface area contributed by atoms with Gasteiger partial charge in [-0.1, -0.05) is 42.5 Å². The monoisotopic (exact) mass is 382 g/mol. The molecule has 0 aliphatic carbocycles. The Balaban J connectivity index is 2.05. The molecule has 3 rings (SSSR count). The molecule has 0 saturated heterocycles. The van der Waals surface area contributed by atoms with Crippen molar-refractivity contribution in [2.24, 2.45) is 0 Å². The number of fused-ring (bicyclic) bond motifs is 1. The average molecular weight is 383 g/mol. The zero-order valence-electron chi connectivity index (χ0n) is 16.1. The normalized spacial score (nSPS) is 15.7. The summed E-state index contributed by atoms with van der Waals surface area (Å²) in [5, 5.41) is 4.08. The molecule has 142 valence electrons. The Kier molecular flexibility index (Phi) is 6.01. The molecule has 27 heavy (non-hydrogen) atoms. The summed E-state index contributed by atoms with van der Waals surface area (Å²) in [6.07, 6.45) is 0.897. The molecule has 4 nitrogen and oxygen atoms in total. The molecule has 5 heteroatoms. The third-order valence-electron chi connectivity index (χ3n) is 4.79. The van der Waals surface area contributed by atoms with Crippen LogP contribution in [-0.2, 0) is 6.42 Å². The first-order chi connectivity index (χ1) is 13.0. The Morgan fingerprint density at radius 3 is 2.48 bits per heavy atom. The molecule has 1 aliphatic rings. The van der Waals surface area contributed by atoms with Crippen LogP contribution in [0.1, 0.15) is 29.7 Å². The zero-order chi connectivity index (χ0) is 19.4. The number of benzene rings is 2. The molecule has 1 N–H and O–H groups in total. The van der Waals surface area contributed by atoms with E-state index < -0.39 is 0 Å². The lowest BCUT2D eigenvalue weighted by Gasteiger charge is -2.39. The van der Waals surface area contributed by atoms with Gasteiger partial charge in [0, 0.05) is 13.1 Å². The van der Waals surface area contributed by atoms with E-state index in [1.807, 2.05) is 13.0 Å². The molecule has 0 amide bonds. The van der Waals surface area contributed by atoms with Gasteiger partial charge in [0.1, 0.15) is 0 Å². The van der Waals surface area contributed by atoms with Gasteiger partial charge in [0.2, 0.25) is 0 Å². The second kappa shape index (κ2) is 8.44. The molecule has 0 spiro atoms. The first-order valence-corrected chi connectivity index (χ1v) is 9.44. The molecule has 1 atom stereocenters. The average Bonchev–Trinajstić information content (AvgIpc) is 2.70. The fraction of sp³-hybridized carbons (Fsp3) is 0.318. The van der Waals surface area contributed by atoms with Gasteiger partial charge in [-0.25, -0.2) is 0 Å². The molecule has 1 heterocycles. The lowest BCUT2D eigenvalue weighted by Crippen LogP contribution is -2.46. The van der Waals surface area contributed by atoms with Crippen LogP contribution in [0.4, 0.5) is 0 Å². The largest absolute Gasteiger partial charge is 0.493 e. The van der Waals surface area contributed by atoms with Crippen LogP contribution in [0.15, 0.2) is 54.6 Å². The van der Waals surface area contributed by atoms with Crippen LogP contribution in [0, 0.1) is 0 Å². The van der Waals surface area contributed by atoms with Gasteiger partial charge in [0.25, 0.3) is 0 Å². The summed E-state index contributed by atoms with van der Waals surface area (Å²) in [5.41, 5.74) is 4.72. The zero-order valence-corrected chi connectivity index (χ0v) is 16.9. The lowest BCUT2D eigenvalue weighted by atomic mass is 9.88. The standard InChI is InChI=1S/C22H26N2O2S/c1-15(2)14-23-22(27)24-11-10-17-12-19(25-3)20(26-4)13-18(17)21(24)16-8-6-5-7-9-16/h5-9,12-13,21H,1,10-11,14H2,2-4H3,(H,23,27). The van der Waals surface area contributed by atoms with Crippen molar-refractivity contribution in [1.82, 2.24) is 10.2 Å². The fourth-order valence-corrected chi connectivity index (χ4v) is 3.76. The Labute approximate surface area is 166 Å². The molecule has 0 radical (unpaired) electrons. The first-order valence-electron chi connectivity index (χ1n) is 9.03. The van der Waals surface area contributed by atoms with E-state index in [9.17, 15) is 0 Å². The van der Waals surface area contributed by atoms with E-state index in [0.717, 1.165) is 35.2 Å². The molecule has 0 aromatic heterocycles. The molecule has 0 fully saturated rings. The minimum absolute atomic E-state index is 0.0277. The van der Waals surface area contributed by atoms with Gasteiger partial charge in [-0.15, -0.1) is 0 Å². The molecule has 0 bridgehead atoms. The lowest BCUT2D eigenvalue weighted by molar-refractivity contribution is 0.325. The van der Waals surface area contributed by atoms with Crippen molar-refractivity contribution in [2.45, 2.75) is 19.4 Å². The molecular weight excluding hydrogens is 356 g/mol. The van der Waals surface area contributed by atoms with Crippen LogP contribution in [0.2, 0.25) is 0 Å². The Hall–Kier alpha value is -2.53. The van der Waals surface area contributed by atoms with Gasteiger partial charge in [0.15, 0.2) is 16.6 Å². The minimum atomic E-state index is 0.0277. The van der Waals surface area contributed by atoms with Gasteiger partial charge in [0.05, 0.1) is 20.3 Å².